The second kappa shape index (κ2) is 5.26. The Morgan fingerprint density at radius 2 is 1.75 bits per heavy atom. The van der Waals surface area contributed by atoms with Gasteiger partial charge in [0.15, 0.2) is 0 Å². The summed E-state index contributed by atoms with van der Waals surface area (Å²) in [7, 11) is 0. The van der Waals surface area contributed by atoms with Crippen molar-refractivity contribution in [3.63, 3.8) is 0 Å². The van der Waals surface area contributed by atoms with Gasteiger partial charge < -0.3 is 14.6 Å². The molecular formula is C15H12Cl2O3. The Morgan fingerprint density at radius 1 is 1.10 bits per heavy atom. The van der Waals surface area contributed by atoms with E-state index in [4.69, 9.17) is 32.7 Å². The molecule has 1 atom stereocenters. The van der Waals surface area contributed by atoms with Gasteiger partial charge in [-0.1, -0.05) is 29.3 Å². The van der Waals surface area contributed by atoms with Crippen LogP contribution in [0, 0.1) is 0 Å². The molecule has 1 heterocycles. The molecule has 0 radical (unpaired) electrons. The van der Waals surface area contributed by atoms with E-state index in [2.05, 4.69) is 0 Å². The van der Waals surface area contributed by atoms with E-state index in [1.807, 2.05) is 6.07 Å². The van der Waals surface area contributed by atoms with Crippen molar-refractivity contribution in [3.05, 3.63) is 58.1 Å². The molecule has 2 aromatic carbocycles. The van der Waals surface area contributed by atoms with Crippen LogP contribution in [0.15, 0.2) is 42.5 Å². The van der Waals surface area contributed by atoms with Gasteiger partial charge >= 0.3 is 0 Å². The predicted molar refractivity (Wildman–Crippen MR) is 77.7 cm³/mol. The van der Waals surface area contributed by atoms with Gasteiger partial charge in [-0.3, -0.25) is 0 Å². The molecule has 0 saturated carbocycles. The van der Waals surface area contributed by atoms with Gasteiger partial charge in [-0.15, -0.1) is 0 Å². The molecule has 0 spiro atoms. The lowest BCUT2D eigenvalue weighted by atomic mass is 10.0. The molecule has 1 unspecified atom stereocenters. The van der Waals surface area contributed by atoms with Crippen LogP contribution in [0.25, 0.3) is 0 Å². The van der Waals surface area contributed by atoms with E-state index in [0.29, 0.717) is 28.2 Å². The second-order valence-corrected chi connectivity index (χ2v) is 5.48. The molecule has 1 aliphatic heterocycles. The fraction of sp³-hybridized carbons (Fsp3) is 0.200. The van der Waals surface area contributed by atoms with Crippen LogP contribution in [-0.2, 0) is 10.3 Å². The number of benzene rings is 2. The van der Waals surface area contributed by atoms with Crippen molar-refractivity contribution in [2.45, 2.75) is 5.60 Å². The molecule has 1 saturated heterocycles. The summed E-state index contributed by atoms with van der Waals surface area (Å²) in [5.74, 6) is 1.30. The fourth-order valence-corrected chi connectivity index (χ4v) is 2.46. The van der Waals surface area contributed by atoms with Crippen LogP contribution < -0.4 is 4.74 Å². The summed E-state index contributed by atoms with van der Waals surface area (Å²) in [6.07, 6.45) is 0. The SMILES string of the molecule is OCC1(c2ccc(Oc3ccc(Cl)cc3)cc2Cl)CO1. The first-order chi connectivity index (χ1) is 9.63. The summed E-state index contributed by atoms with van der Waals surface area (Å²) in [6, 6.07) is 12.4. The molecule has 2 aromatic rings. The summed E-state index contributed by atoms with van der Waals surface area (Å²) in [5.41, 5.74) is 0.153. The van der Waals surface area contributed by atoms with Crippen LogP contribution >= 0.6 is 23.2 Å². The van der Waals surface area contributed by atoms with Gasteiger partial charge in [-0.25, -0.2) is 0 Å². The molecule has 104 valence electrons. The van der Waals surface area contributed by atoms with E-state index in [9.17, 15) is 5.11 Å². The van der Waals surface area contributed by atoms with Crippen LogP contribution in [0.2, 0.25) is 10.0 Å². The van der Waals surface area contributed by atoms with Crippen LogP contribution in [0.4, 0.5) is 0 Å². The highest BCUT2D eigenvalue weighted by Crippen LogP contribution is 2.43. The molecule has 1 N–H and O–H groups in total. The molecule has 0 amide bonds. The lowest BCUT2D eigenvalue weighted by Gasteiger charge is -2.13. The zero-order valence-corrected chi connectivity index (χ0v) is 12.0. The summed E-state index contributed by atoms with van der Waals surface area (Å²) in [5, 5.41) is 10.5. The van der Waals surface area contributed by atoms with Crippen molar-refractivity contribution < 1.29 is 14.6 Å². The zero-order valence-electron chi connectivity index (χ0n) is 10.5. The minimum absolute atomic E-state index is 0.0793. The van der Waals surface area contributed by atoms with Crippen molar-refractivity contribution in [1.82, 2.24) is 0 Å². The summed E-state index contributed by atoms with van der Waals surface area (Å²) in [6.45, 7) is 0.407. The van der Waals surface area contributed by atoms with Crippen LogP contribution in [0.5, 0.6) is 11.5 Å². The topological polar surface area (TPSA) is 42.0 Å². The Balaban J connectivity index is 1.82. The van der Waals surface area contributed by atoms with E-state index in [1.54, 1.807) is 36.4 Å². The van der Waals surface area contributed by atoms with Crippen molar-refractivity contribution in [2.75, 3.05) is 13.2 Å². The van der Waals surface area contributed by atoms with Gasteiger partial charge in [0.2, 0.25) is 0 Å². The first kappa shape index (κ1) is 13.7. The summed E-state index contributed by atoms with van der Waals surface area (Å²) in [4.78, 5) is 0. The maximum absolute atomic E-state index is 9.34. The molecule has 3 rings (SSSR count). The number of rotatable bonds is 4. The average Bonchev–Trinajstić information content (AvgIpc) is 3.22. The van der Waals surface area contributed by atoms with Gasteiger partial charge in [0, 0.05) is 10.6 Å². The highest BCUT2D eigenvalue weighted by molar-refractivity contribution is 6.31. The van der Waals surface area contributed by atoms with Gasteiger partial charge in [0.1, 0.15) is 17.1 Å². The zero-order chi connectivity index (χ0) is 14.2. The first-order valence-electron chi connectivity index (χ1n) is 6.11. The van der Waals surface area contributed by atoms with Gasteiger partial charge in [-0.05, 0) is 36.4 Å². The standard InChI is InChI=1S/C15H12Cl2O3/c16-10-1-3-11(4-2-10)20-12-5-6-13(14(17)7-12)15(8-18)9-19-15/h1-7,18H,8-9H2. The van der Waals surface area contributed by atoms with Crippen molar-refractivity contribution in [3.8, 4) is 11.5 Å². The maximum atomic E-state index is 9.34. The molecule has 1 fully saturated rings. The fourth-order valence-electron chi connectivity index (χ4n) is 1.99. The van der Waals surface area contributed by atoms with E-state index >= 15 is 0 Å². The number of aliphatic hydroxyl groups is 1. The maximum Gasteiger partial charge on any atom is 0.141 e. The van der Waals surface area contributed by atoms with E-state index < -0.39 is 5.60 Å². The Morgan fingerprint density at radius 3 is 2.30 bits per heavy atom. The largest absolute Gasteiger partial charge is 0.457 e. The van der Waals surface area contributed by atoms with Crippen molar-refractivity contribution in [2.24, 2.45) is 0 Å². The number of aliphatic hydroxyl groups excluding tert-OH is 1. The quantitative estimate of drug-likeness (QED) is 0.868. The molecule has 20 heavy (non-hydrogen) atoms. The normalized spacial score (nSPS) is 20.8. The van der Waals surface area contributed by atoms with Crippen LogP contribution in [-0.4, -0.2) is 18.3 Å². The number of halogens is 2. The Bertz CT molecular complexity index is 622. The highest BCUT2D eigenvalue weighted by Gasteiger charge is 2.47. The predicted octanol–water partition coefficient (Wildman–Crippen LogP) is 4.00. The molecule has 3 nitrogen and oxygen atoms in total. The number of ether oxygens (including phenoxy) is 2. The van der Waals surface area contributed by atoms with E-state index in [-0.39, 0.29) is 6.61 Å². The third-order valence-electron chi connectivity index (χ3n) is 3.23. The Hall–Kier alpha value is -1.26. The monoisotopic (exact) mass is 310 g/mol. The number of hydrogen-bond donors (Lipinski definition) is 1. The van der Waals surface area contributed by atoms with Crippen molar-refractivity contribution >= 4 is 23.2 Å². The highest BCUT2D eigenvalue weighted by atomic mass is 35.5. The van der Waals surface area contributed by atoms with Gasteiger partial charge in [0.25, 0.3) is 0 Å². The number of hydrogen-bond acceptors (Lipinski definition) is 3. The van der Waals surface area contributed by atoms with Crippen LogP contribution in [0.3, 0.4) is 0 Å². The Labute approximate surface area is 126 Å². The third kappa shape index (κ3) is 2.63. The second-order valence-electron chi connectivity index (χ2n) is 4.64. The smallest absolute Gasteiger partial charge is 0.141 e. The minimum atomic E-state index is -0.629. The molecular weight excluding hydrogens is 299 g/mol. The summed E-state index contributed by atoms with van der Waals surface area (Å²) >= 11 is 12.1. The molecule has 1 aliphatic rings. The van der Waals surface area contributed by atoms with Crippen molar-refractivity contribution in [1.29, 1.82) is 0 Å². The molecule has 0 aromatic heterocycles. The molecule has 5 heteroatoms. The number of epoxide rings is 1. The van der Waals surface area contributed by atoms with E-state index in [1.165, 1.54) is 0 Å². The minimum Gasteiger partial charge on any atom is -0.457 e. The Kier molecular flexibility index (Phi) is 3.61. The van der Waals surface area contributed by atoms with Gasteiger partial charge in [0.05, 0.1) is 18.2 Å². The van der Waals surface area contributed by atoms with Crippen LogP contribution in [0.1, 0.15) is 5.56 Å². The van der Waals surface area contributed by atoms with E-state index in [0.717, 1.165) is 5.56 Å². The third-order valence-corrected chi connectivity index (χ3v) is 3.79. The lowest BCUT2D eigenvalue weighted by molar-refractivity contribution is 0.173. The van der Waals surface area contributed by atoms with Gasteiger partial charge in [-0.2, -0.15) is 0 Å². The molecule has 0 bridgehead atoms. The summed E-state index contributed by atoms with van der Waals surface area (Å²) < 4.78 is 11.0. The lowest BCUT2D eigenvalue weighted by Crippen LogP contribution is -2.14. The molecule has 0 aliphatic carbocycles. The first-order valence-corrected chi connectivity index (χ1v) is 6.87. The average molecular weight is 311 g/mol.